The SMILES string of the molecule is COC(CO)(COP(=O)(OCc1ccccc1)OCc1ccccc1)OC. The zero-order valence-corrected chi connectivity index (χ0v) is 16.3. The molecule has 27 heavy (non-hydrogen) atoms. The second kappa shape index (κ2) is 10.7. The number of aliphatic hydroxyl groups excluding tert-OH is 1. The quantitative estimate of drug-likeness (QED) is 0.434. The molecule has 0 spiro atoms. The van der Waals surface area contributed by atoms with Crippen molar-refractivity contribution in [3.8, 4) is 0 Å². The molecule has 0 aromatic heterocycles. The van der Waals surface area contributed by atoms with E-state index in [1.807, 2.05) is 60.7 Å². The third kappa shape index (κ3) is 6.83. The van der Waals surface area contributed by atoms with Gasteiger partial charge in [-0.15, -0.1) is 0 Å². The van der Waals surface area contributed by atoms with E-state index in [-0.39, 0.29) is 19.8 Å². The van der Waals surface area contributed by atoms with Gasteiger partial charge in [0, 0.05) is 14.2 Å². The molecule has 7 nitrogen and oxygen atoms in total. The summed E-state index contributed by atoms with van der Waals surface area (Å²) in [7, 11) is -1.26. The number of hydrogen-bond acceptors (Lipinski definition) is 7. The van der Waals surface area contributed by atoms with Gasteiger partial charge in [-0.2, -0.15) is 0 Å². The molecule has 2 aromatic carbocycles. The van der Waals surface area contributed by atoms with Gasteiger partial charge in [-0.25, -0.2) is 4.57 Å². The van der Waals surface area contributed by atoms with Crippen LogP contribution in [0.4, 0.5) is 0 Å². The largest absolute Gasteiger partial charge is 0.475 e. The molecule has 0 saturated carbocycles. The van der Waals surface area contributed by atoms with Crippen LogP contribution in [0.5, 0.6) is 0 Å². The lowest BCUT2D eigenvalue weighted by Gasteiger charge is -2.29. The van der Waals surface area contributed by atoms with Crippen molar-refractivity contribution in [3.05, 3.63) is 71.8 Å². The highest BCUT2D eigenvalue weighted by Crippen LogP contribution is 2.51. The summed E-state index contributed by atoms with van der Waals surface area (Å²) >= 11 is 0. The minimum absolute atomic E-state index is 0.0407. The molecule has 0 unspecified atom stereocenters. The summed E-state index contributed by atoms with van der Waals surface area (Å²) < 4.78 is 39.7. The Morgan fingerprint density at radius 2 is 1.26 bits per heavy atom. The molecule has 0 fully saturated rings. The van der Waals surface area contributed by atoms with Crippen molar-refractivity contribution in [2.45, 2.75) is 19.0 Å². The van der Waals surface area contributed by atoms with Crippen molar-refractivity contribution in [3.63, 3.8) is 0 Å². The van der Waals surface area contributed by atoms with Gasteiger partial charge in [0.25, 0.3) is 0 Å². The van der Waals surface area contributed by atoms with Gasteiger partial charge in [-0.3, -0.25) is 13.6 Å². The Balaban J connectivity index is 2.07. The number of benzene rings is 2. The number of methoxy groups -OCH3 is 2. The van der Waals surface area contributed by atoms with Crippen LogP contribution in [-0.2, 0) is 40.8 Å². The van der Waals surface area contributed by atoms with Crippen LogP contribution in [0.25, 0.3) is 0 Å². The van der Waals surface area contributed by atoms with E-state index in [1.165, 1.54) is 14.2 Å². The number of phosphoric ester groups is 1. The second-order valence-electron chi connectivity index (χ2n) is 5.72. The summed E-state index contributed by atoms with van der Waals surface area (Å²) in [4.78, 5) is 0. The number of rotatable bonds is 12. The first kappa shape index (κ1) is 21.7. The van der Waals surface area contributed by atoms with Gasteiger partial charge in [-0.1, -0.05) is 60.7 Å². The Bertz CT molecular complexity index is 649. The highest BCUT2D eigenvalue weighted by molar-refractivity contribution is 7.48. The third-order valence-corrected chi connectivity index (χ3v) is 5.23. The van der Waals surface area contributed by atoms with Gasteiger partial charge in [0.1, 0.15) is 6.61 Å². The molecule has 0 heterocycles. The van der Waals surface area contributed by atoms with Crippen LogP contribution >= 0.6 is 7.82 Å². The summed E-state index contributed by atoms with van der Waals surface area (Å²) in [6.07, 6.45) is 0. The minimum atomic E-state index is -3.96. The van der Waals surface area contributed by atoms with Crippen molar-refractivity contribution in [1.29, 1.82) is 0 Å². The van der Waals surface area contributed by atoms with Crippen LogP contribution in [0, 0.1) is 0 Å². The molecule has 2 aromatic rings. The van der Waals surface area contributed by atoms with E-state index in [2.05, 4.69) is 0 Å². The summed E-state index contributed by atoms with van der Waals surface area (Å²) in [5, 5.41) is 9.49. The molecule has 0 atom stereocenters. The monoisotopic (exact) mass is 396 g/mol. The fourth-order valence-electron chi connectivity index (χ4n) is 2.12. The molecule has 0 saturated heterocycles. The zero-order chi connectivity index (χ0) is 19.6. The summed E-state index contributed by atoms with van der Waals surface area (Å²) in [6, 6.07) is 18.5. The summed E-state index contributed by atoms with van der Waals surface area (Å²) in [5.74, 6) is -1.46. The Morgan fingerprint density at radius 1 is 0.815 bits per heavy atom. The molecule has 0 bridgehead atoms. The van der Waals surface area contributed by atoms with Crippen molar-refractivity contribution < 1.29 is 32.7 Å². The van der Waals surface area contributed by atoms with Crippen molar-refractivity contribution in [2.75, 3.05) is 27.4 Å². The van der Waals surface area contributed by atoms with Crippen LogP contribution in [0.1, 0.15) is 11.1 Å². The number of phosphoric acid groups is 1. The molecule has 0 aliphatic carbocycles. The predicted octanol–water partition coefficient (Wildman–Crippen LogP) is 3.53. The van der Waals surface area contributed by atoms with E-state index < -0.39 is 20.2 Å². The molecule has 1 N–H and O–H groups in total. The second-order valence-corrected chi connectivity index (χ2v) is 7.38. The zero-order valence-electron chi connectivity index (χ0n) is 15.4. The normalized spacial score (nSPS) is 12.3. The van der Waals surface area contributed by atoms with Gasteiger partial charge in [-0.05, 0) is 11.1 Å². The Morgan fingerprint density at radius 3 is 1.63 bits per heavy atom. The molecule has 2 rings (SSSR count). The lowest BCUT2D eigenvalue weighted by molar-refractivity contribution is -0.242. The van der Waals surface area contributed by atoms with E-state index in [4.69, 9.17) is 23.0 Å². The molecular weight excluding hydrogens is 371 g/mol. The van der Waals surface area contributed by atoms with Crippen molar-refractivity contribution in [1.82, 2.24) is 0 Å². The van der Waals surface area contributed by atoms with Gasteiger partial charge in [0.2, 0.25) is 5.79 Å². The highest BCUT2D eigenvalue weighted by Gasteiger charge is 2.36. The average Bonchev–Trinajstić information content (AvgIpc) is 2.74. The molecule has 0 amide bonds. The lowest BCUT2D eigenvalue weighted by atomic mass is 10.2. The topological polar surface area (TPSA) is 83.5 Å². The summed E-state index contributed by atoms with van der Waals surface area (Å²) in [6.45, 7) is -0.743. The molecule has 0 radical (unpaired) electrons. The fourth-order valence-corrected chi connectivity index (χ4v) is 3.31. The molecular formula is C19H25O7P. The van der Waals surface area contributed by atoms with E-state index in [1.54, 1.807) is 0 Å². The fraction of sp³-hybridized carbons (Fsp3) is 0.368. The van der Waals surface area contributed by atoms with E-state index in [0.717, 1.165) is 11.1 Å². The maximum atomic E-state index is 13.1. The van der Waals surface area contributed by atoms with Crippen molar-refractivity contribution >= 4 is 7.82 Å². The first-order valence-electron chi connectivity index (χ1n) is 8.37. The van der Waals surface area contributed by atoms with Crippen LogP contribution in [0.3, 0.4) is 0 Å². The highest BCUT2D eigenvalue weighted by atomic mass is 31.2. The standard InChI is InChI=1S/C19H25O7P/c1-22-19(15-20,23-2)16-26-27(21,24-13-17-9-5-3-6-10-17)25-14-18-11-7-4-8-12-18/h3-12,20H,13-16H2,1-2H3. The number of ether oxygens (including phenoxy) is 2. The first-order chi connectivity index (χ1) is 13.0. The van der Waals surface area contributed by atoms with Crippen LogP contribution < -0.4 is 0 Å². The smallest absolute Gasteiger partial charge is 0.391 e. The maximum Gasteiger partial charge on any atom is 0.475 e. The lowest BCUT2D eigenvalue weighted by Crippen LogP contribution is -2.42. The van der Waals surface area contributed by atoms with Gasteiger partial charge < -0.3 is 14.6 Å². The van der Waals surface area contributed by atoms with E-state index in [9.17, 15) is 9.67 Å². The predicted molar refractivity (Wildman–Crippen MR) is 99.9 cm³/mol. The third-order valence-electron chi connectivity index (χ3n) is 3.89. The minimum Gasteiger partial charge on any atom is -0.391 e. The molecule has 0 aliphatic rings. The van der Waals surface area contributed by atoms with Crippen LogP contribution in [0.15, 0.2) is 60.7 Å². The first-order valence-corrected chi connectivity index (χ1v) is 9.83. The molecule has 8 heteroatoms. The Kier molecular flexibility index (Phi) is 8.60. The molecule has 148 valence electrons. The maximum absolute atomic E-state index is 13.1. The van der Waals surface area contributed by atoms with Crippen molar-refractivity contribution in [2.24, 2.45) is 0 Å². The van der Waals surface area contributed by atoms with E-state index >= 15 is 0 Å². The van der Waals surface area contributed by atoms with E-state index in [0.29, 0.717) is 0 Å². The summed E-state index contributed by atoms with van der Waals surface area (Å²) in [5.41, 5.74) is 1.63. The van der Waals surface area contributed by atoms with Gasteiger partial charge >= 0.3 is 7.82 Å². The average molecular weight is 396 g/mol. The van der Waals surface area contributed by atoms with Gasteiger partial charge in [0.15, 0.2) is 0 Å². The number of aliphatic hydroxyl groups is 1. The van der Waals surface area contributed by atoms with Crippen LogP contribution in [0.2, 0.25) is 0 Å². The van der Waals surface area contributed by atoms with Crippen LogP contribution in [-0.4, -0.2) is 38.3 Å². The number of hydrogen-bond donors (Lipinski definition) is 1. The Hall–Kier alpha value is -1.57. The molecule has 0 aliphatic heterocycles. The van der Waals surface area contributed by atoms with Gasteiger partial charge in [0.05, 0.1) is 19.8 Å². The Labute approximate surface area is 159 Å².